The van der Waals surface area contributed by atoms with Gasteiger partial charge in [0.1, 0.15) is 6.09 Å². The smallest absolute Gasteiger partial charge is 0.194 e. The molecule has 0 aliphatic rings. The molecule has 0 saturated heterocycles. The number of carbonyl (C=O) groups is 2. The molecule has 0 spiro atoms. The molecular formula is C21H16ClN2O3-. The van der Waals surface area contributed by atoms with Gasteiger partial charge in [0, 0.05) is 16.8 Å². The molecule has 0 atom stereocenters. The van der Waals surface area contributed by atoms with Crippen molar-refractivity contribution in [3.63, 3.8) is 0 Å². The molecule has 0 radical (unpaired) electrons. The summed E-state index contributed by atoms with van der Waals surface area (Å²) in [5.74, 6) is -0.149. The number of aryl methyl sites for hydroxylation is 1. The van der Waals surface area contributed by atoms with E-state index >= 15 is 0 Å². The zero-order chi connectivity index (χ0) is 19.4. The van der Waals surface area contributed by atoms with Crippen LogP contribution in [-0.2, 0) is 0 Å². The molecule has 3 aromatic rings. The van der Waals surface area contributed by atoms with Crippen LogP contribution >= 0.6 is 11.6 Å². The van der Waals surface area contributed by atoms with Crippen molar-refractivity contribution in [2.75, 3.05) is 10.6 Å². The highest BCUT2D eigenvalue weighted by Crippen LogP contribution is 2.29. The maximum atomic E-state index is 12.7. The van der Waals surface area contributed by atoms with Crippen molar-refractivity contribution < 1.29 is 14.7 Å². The van der Waals surface area contributed by atoms with Gasteiger partial charge in [0.15, 0.2) is 5.78 Å². The third kappa shape index (κ3) is 4.27. The van der Waals surface area contributed by atoms with Crippen LogP contribution in [0.4, 0.5) is 21.9 Å². The number of carbonyl (C=O) groups excluding carboxylic acids is 2. The van der Waals surface area contributed by atoms with Gasteiger partial charge in [0.2, 0.25) is 0 Å². The van der Waals surface area contributed by atoms with E-state index < -0.39 is 6.09 Å². The van der Waals surface area contributed by atoms with Crippen molar-refractivity contribution in [1.82, 2.24) is 0 Å². The molecule has 5 nitrogen and oxygen atoms in total. The Kier molecular flexibility index (Phi) is 5.43. The monoisotopic (exact) mass is 379 g/mol. The third-order valence-corrected chi connectivity index (χ3v) is 4.36. The van der Waals surface area contributed by atoms with Gasteiger partial charge in [0.05, 0.1) is 16.4 Å². The van der Waals surface area contributed by atoms with Crippen LogP contribution < -0.4 is 15.7 Å². The second-order valence-electron chi connectivity index (χ2n) is 5.92. The predicted octanol–water partition coefficient (Wildman–Crippen LogP) is 4.38. The summed E-state index contributed by atoms with van der Waals surface area (Å²) in [7, 11) is 0. The van der Waals surface area contributed by atoms with Crippen LogP contribution in [0.3, 0.4) is 0 Å². The van der Waals surface area contributed by atoms with Crippen molar-refractivity contribution >= 4 is 40.5 Å². The van der Waals surface area contributed by atoms with Crippen molar-refractivity contribution in [2.24, 2.45) is 0 Å². The zero-order valence-electron chi connectivity index (χ0n) is 14.5. The Morgan fingerprint density at radius 2 is 1.56 bits per heavy atom. The average Bonchev–Trinajstić information content (AvgIpc) is 2.63. The molecule has 0 aliphatic carbocycles. The molecule has 136 valence electrons. The van der Waals surface area contributed by atoms with Gasteiger partial charge in [-0.25, -0.2) is 0 Å². The van der Waals surface area contributed by atoms with Crippen molar-refractivity contribution in [2.45, 2.75) is 6.92 Å². The number of hydrogen-bond acceptors (Lipinski definition) is 4. The first-order valence-corrected chi connectivity index (χ1v) is 8.57. The summed E-state index contributed by atoms with van der Waals surface area (Å²) in [6, 6.07) is 19.1. The minimum atomic E-state index is -1.40. The Balaban J connectivity index is 1.87. The number of benzene rings is 3. The fourth-order valence-electron chi connectivity index (χ4n) is 2.72. The first kappa shape index (κ1) is 18.5. The summed E-state index contributed by atoms with van der Waals surface area (Å²) in [5, 5.41) is 16.4. The Labute approximate surface area is 161 Å². The van der Waals surface area contributed by atoms with Gasteiger partial charge in [-0.2, -0.15) is 0 Å². The SMILES string of the molecule is Cc1ccccc1C(=O)c1ccc(Nc2ccccc2NC(=O)[O-])cc1Cl. The lowest BCUT2D eigenvalue weighted by atomic mass is 9.99. The number of ketones is 1. The van der Waals surface area contributed by atoms with Crippen LogP contribution in [0.5, 0.6) is 0 Å². The number of anilines is 3. The van der Waals surface area contributed by atoms with Crippen LogP contribution in [0, 0.1) is 6.92 Å². The molecule has 6 heteroatoms. The zero-order valence-corrected chi connectivity index (χ0v) is 15.2. The summed E-state index contributed by atoms with van der Waals surface area (Å²) in [6.07, 6.45) is -1.40. The van der Waals surface area contributed by atoms with Gasteiger partial charge in [-0.3, -0.25) is 4.79 Å². The van der Waals surface area contributed by atoms with Crippen LogP contribution in [0.2, 0.25) is 5.02 Å². The van der Waals surface area contributed by atoms with Gasteiger partial charge >= 0.3 is 0 Å². The second kappa shape index (κ2) is 7.93. The number of halogens is 1. The van der Waals surface area contributed by atoms with E-state index in [2.05, 4.69) is 10.6 Å². The molecule has 2 N–H and O–H groups in total. The fourth-order valence-corrected chi connectivity index (χ4v) is 2.98. The lowest BCUT2D eigenvalue weighted by Gasteiger charge is -2.15. The Morgan fingerprint density at radius 1 is 0.889 bits per heavy atom. The molecular weight excluding hydrogens is 364 g/mol. The highest BCUT2D eigenvalue weighted by Gasteiger charge is 2.15. The van der Waals surface area contributed by atoms with E-state index in [9.17, 15) is 14.7 Å². The van der Waals surface area contributed by atoms with Crippen molar-refractivity contribution in [3.05, 3.63) is 88.4 Å². The minimum absolute atomic E-state index is 0.149. The molecule has 0 fully saturated rings. The van der Waals surface area contributed by atoms with E-state index in [0.29, 0.717) is 33.2 Å². The van der Waals surface area contributed by atoms with E-state index in [0.717, 1.165) is 5.56 Å². The van der Waals surface area contributed by atoms with E-state index in [4.69, 9.17) is 11.6 Å². The van der Waals surface area contributed by atoms with Gasteiger partial charge < -0.3 is 20.5 Å². The number of nitrogens with one attached hydrogen (secondary N) is 2. The highest BCUT2D eigenvalue weighted by molar-refractivity contribution is 6.35. The van der Waals surface area contributed by atoms with E-state index in [-0.39, 0.29) is 5.78 Å². The fraction of sp³-hybridized carbons (Fsp3) is 0.0476. The summed E-state index contributed by atoms with van der Waals surface area (Å²) in [4.78, 5) is 23.5. The van der Waals surface area contributed by atoms with Gasteiger partial charge in [-0.05, 0) is 42.8 Å². The quantitative estimate of drug-likeness (QED) is 0.644. The van der Waals surface area contributed by atoms with E-state index in [1.807, 2.05) is 25.1 Å². The molecule has 0 bridgehead atoms. The number of rotatable bonds is 5. The molecule has 0 heterocycles. The summed E-state index contributed by atoms with van der Waals surface area (Å²) in [6.45, 7) is 1.87. The summed E-state index contributed by atoms with van der Waals surface area (Å²) >= 11 is 6.34. The number of para-hydroxylation sites is 2. The first-order valence-electron chi connectivity index (χ1n) is 8.19. The summed E-state index contributed by atoms with van der Waals surface area (Å²) in [5.41, 5.74) is 3.39. The molecule has 3 aromatic carbocycles. The normalized spacial score (nSPS) is 10.3. The van der Waals surface area contributed by atoms with E-state index in [1.165, 1.54) is 0 Å². The van der Waals surface area contributed by atoms with Gasteiger partial charge in [-0.1, -0.05) is 48.0 Å². The molecule has 3 rings (SSSR count). The summed E-state index contributed by atoms with van der Waals surface area (Å²) < 4.78 is 0. The molecule has 0 aromatic heterocycles. The van der Waals surface area contributed by atoms with Crippen LogP contribution in [-0.4, -0.2) is 11.9 Å². The molecule has 1 amide bonds. The lowest BCUT2D eigenvalue weighted by Crippen LogP contribution is -2.29. The first-order chi connectivity index (χ1) is 13.0. The van der Waals surface area contributed by atoms with Gasteiger partial charge in [0.25, 0.3) is 0 Å². The Hall–Kier alpha value is -3.31. The minimum Gasteiger partial charge on any atom is -0.530 e. The second-order valence-corrected chi connectivity index (χ2v) is 6.33. The number of hydrogen-bond donors (Lipinski definition) is 2. The maximum Gasteiger partial charge on any atom is 0.194 e. The van der Waals surface area contributed by atoms with Crippen LogP contribution in [0.25, 0.3) is 0 Å². The van der Waals surface area contributed by atoms with Crippen molar-refractivity contribution in [1.29, 1.82) is 0 Å². The van der Waals surface area contributed by atoms with Crippen molar-refractivity contribution in [3.8, 4) is 0 Å². The average molecular weight is 380 g/mol. The molecule has 0 unspecified atom stereocenters. The van der Waals surface area contributed by atoms with Gasteiger partial charge in [-0.15, -0.1) is 0 Å². The maximum absolute atomic E-state index is 12.7. The largest absolute Gasteiger partial charge is 0.530 e. The third-order valence-electron chi connectivity index (χ3n) is 4.05. The number of amides is 1. The predicted molar refractivity (Wildman–Crippen MR) is 105 cm³/mol. The van der Waals surface area contributed by atoms with Crippen LogP contribution in [0.1, 0.15) is 21.5 Å². The topological polar surface area (TPSA) is 81.3 Å². The molecule has 27 heavy (non-hydrogen) atoms. The van der Waals surface area contributed by atoms with Crippen LogP contribution in [0.15, 0.2) is 66.7 Å². The number of carboxylic acid groups (broad SMARTS) is 1. The highest BCUT2D eigenvalue weighted by atomic mass is 35.5. The molecule has 0 saturated carbocycles. The lowest BCUT2D eigenvalue weighted by molar-refractivity contribution is -0.242. The Bertz CT molecular complexity index is 1020. The standard InChI is InChI=1S/C21H17ClN2O3/c1-13-6-2-3-7-15(13)20(25)16-11-10-14(12-17(16)22)23-18-8-4-5-9-19(18)24-21(26)27/h2-12,23-24H,1H3,(H,26,27)/p-1. The molecule has 0 aliphatic heterocycles. The van der Waals surface area contributed by atoms with E-state index in [1.54, 1.807) is 48.5 Å². The Morgan fingerprint density at radius 3 is 2.22 bits per heavy atom.